The normalized spacial score (nSPS) is 11.1. The molecule has 0 saturated heterocycles. The number of halogens is 3. The first-order valence-corrected chi connectivity index (χ1v) is 10.6. The van der Waals surface area contributed by atoms with Crippen LogP contribution >= 0.6 is 23.2 Å². The summed E-state index contributed by atoms with van der Waals surface area (Å²) in [5, 5.41) is 8.27. The Morgan fingerprint density at radius 1 is 1.00 bits per heavy atom. The second-order valence-corrected chi connectivity index (χ2v) is 7.93. The number of aromatic nitrogens is 1. The molecule has 2 N–H and O–H groups in total. The summed E-state index contributed by atoms with van der Waals surface area (Å²) in [6.07, 6.45) is 3.27. The number of benzene rings is 3. The molecule has 0 aliphatic heterocycles. The highest BCUT2D eigenvalue weighted by Crippen LogP contribution is 2.23. The lowest BCUT2D eigenvalue weighted by Gasteiger charge is -2.07. The number of amides is 2. The highest BCUT2D eigenvalue weighted by molar-refractivity contribution is 6.42. The lowest BCUT2D eigenvalue weighted by molar-refractivity contribution is -0.116. The van der Waals surface area contributed by atoms with Crippen molar-refractivity contribution in [3.63, 3.8) is 0 Å². The summed E-state index contributed by atoms with van der Waals surface area (Å²) < 4.78 is 14.8. The quantitative estimate of drug-likeness (QED) is 0.281. The minimum atomic E-state index is -0.438. The van der Waals surface area contributed by atoms with Gasteiger partial charge >= 0.3 is 0 Å². The van der Waals surface area contributed by atoms with Crippen LogP contribution in [-0.4, -0.2) is 22.6 Å². The molecule has 1 heterocycles. The molecule has 0 saturated carbocycles. The van der Waals surface area contributed by atoms with Crippen LogP contribution in [0.5, 0.6) is 0 Å². The van der Waals surface area contributed by atoms with E-state index in [1.807, 2.05) is 24.3 Å². The highest BCUT2D eigenvalue weighted by Gasteiger charge is 2.11. The van der Waals surface area contributed by atoms with Crippen molar-refractivity contribution in [2.75, 3.05) is 5.32 Å². The third kappa shape index (κ3) is 5.39. The van der Waals surface area contributed by atoms with E-state index in [0.29, 0.717) is 16.3 Å². The van der Waals surface area contributed by atoms with Crippen LogP contribution in [0.4, 0.5) is 10.1 Å². The first-order chi connectivity index (χ1) is 15.9. The summed E-state index contributed by atoms with van der Waals surface area (Å²) in [5.41, 5.74) is 4.82. The fourth-order valence-electron chi connectivity index (χ4n) is 3.26. The van der Waals surface area contributed by atoms with Crippen molar-refractivity contribution in [3.05, 3.63) is 99.9 Å². The Bertz CT molecular complexity index is 1370. The zero-order valence-electron chi connectivity index (χ0n) is 17.1. The molecule has 3 aromatic carbocycles. The molecule has 0 fully saturated rings. The second-order valence-electron chi connectivity index (χ2n) is 7.11. The van der Waals surface area contributed by atoms with Gasteiger partial charge in [0, 0.05) is 33.9 Å². The van der Waals surface area contributed by atoms with Crippen molar-refractivity contribution in [2.45, 2.75) is 6.54 Å². The van der Waals surface area contributed by atoms with Gasteiger partial charge < -0.3 is 9.88 Å². The minimum absolute atomic E-state index is 0.0430. The molecule has 0 spiro atoms. The van der Waals surface area contributed by atoms with Crippen molar-refractivity contribution in [2.24, 2.45) is 5.10 Å². The van der Waals surface area contributed by atoms with Crippen LogP contribution in [0.15, 0.2) is 78.0 Å². The van der Waals surface area contributed by atoms with Gasteiger partial charge in [-0.15, -0.1) is 0 Å². The molecule has 4 rings (SSSR count). The Labute approximate surface area is 198 Å². The summed E-state index contributed by atoms with van der Waals surface area (Å²) in [4.78, 5) is 24.8. The van der Waals surface area contributed by atoms with Crippen LogP contribution in [0, 0.1) is 5.82 Å². The molecule has 0 aliphatic carbocycles. The van der Waals surface area contributed by atoms with E-state index in [0.717, 1.165) is 16.5 Å². The molecule has 1 aromatic heterocycles. The zero-order chi connectivity index (χ0) is 23.4. The predicted molar refractivity (Wildman–Crippen MR) is 128 cm³/mol. The third-order valence-electron chi connectivity index (χ3n) is 4.81. The standard InChI is InChI=1S/C24H17Cl2FN4O2/c25-20-10-5-15(11-21(20)26)24(33)30-28-12-16-13-31(22-4-2-1-3-19(16)22)14-23(32)29-18-8-6-17(27)7-9-18/h1-13H,14H2,(H,29,32)(H,30,33)/b28-12+. The molecule has 166 valence electrons. The van der Waals surface area contributed by atoms with E-state index in [-0.39, 0.29) is 23.3 Å². The average Bonchev–Trinajstić information content (AvgIpc) is 3.14. The van der Waals surface area contributed by atoms with Gasteiger partial charge in [0.2, 0.25) is 5.91 Å². The number of carbonyl (C=O) groups excluding carboxylic acids is 2. The van der Waals surface area contributed by atoms with Crippen molar-refractivity contribution in [1.82, 2.24) is 9.99 Å². The largest absolute Gasteiger partial charge is 0.337 e. The molecule has 6 nitrogen and oxygen atoms in total. The number of rotatable bonds is 6. The topological polar surface area (TPSA) is 75.5 Å². The highest BCUT2D eigenvalue weighted by atomic mass is 35.5. The van der Waals surface area contributed by atoms with Crippen molar-refractivity contribution < 1.29 is 14.0 Å². The summed E-state index contributed by atoms with van der Waals surface area (Å²) >= 11 is 11.8. The van der Waals surface area contributed by atoms with Gasteiger partial charge in [0.15, 0.2) is 0 Å². The molecule has 0 aliphatic rings. The van der Waals surface area contributed by atoms with Crippen LogP contribution in [-0.2, 0) is 11.3 Å². The molecular weight excluding hydrogens is 466 g/mol. The van der Waals surface area contributed by atoms with Crippen LogP contribution < -0.4 is 10.7 Å². The van der Waals surface area contributed by atoms with E-state index in [9.17, 15) is 14.0 Å². The summed E-state index contributed by atoms with van der Waals surface area (Å²) in [6, 6.07) is 17.6. The maximum Gasteiger partial charge on any atom is 0.271 e. The number of fused-ring (bicyclic) bond motifs is 1. The number of nitrogens with one attached hydrogen (secondary N) is 2. The maximum absolute atomic E-state index is 13.1. The molecule has 33 heavy (non-hydrogen) atoms. The SMILES string of the molecule is O=C(Cn1cc(/C=N/NC(=O)c2ccc(Cl)c(Cl)c2)c2ccccc21)Nc1ccc(F)cc1. The monoisotopic (exact) mass is 482 g/mol. The van der Waals surface area contributed by atoms with E-state index in [1.54, 1.807) is 16.8 Å². The van der Waals surface area contributed by atoms with Crippen LogP contribution in [0.25, 0.3) is 10.9 Å². The van der Waals surface area contributed by atoms with E-state index in [1.165, 1.54) is 42.6 Å². The lowest BCUT2D eigenvalue weighted by atomic mass is 10.2. The molecule has 0 unspecified atom stereocenters. The van der Waals surface area contributed by atoms with Gasteiger partial charge in [-0.05, 0) is 48.5 Å². The molecule has 0 atom stereocenters. The Hall–Kier alpha value is -3.68. The molecule has 4 aromatic rings. The first-order valence-electron chi connectivity index (χ1n) is 9.82. The lowest BCUT2D eigenvalue weighted by Crippen LogP contribution is -2.18. The third-order valence-corrected chi connectivity index (χ3v) is 5.55. The Morgan fingerprint density at radius 2 is 1.76 bits per heavy atom. The van der Waals surface area contributed by atoms with Crippen molar-refractivity contribution in [3.8, 4) is 0 Å². The number of hydrogen-bond acceptors (Lipinski definition) is 3. The fraction of sp³-hybridized carbons (Fsp3) is 0.0417. The average molecular weight is 483 g/mol. The van der Waals surface area contributed by atoms with E-state index in [2.05, 4.69) is 15.8 Å². The number of carbonyl (C=O) groups is 2. The number of hydrazone groups is 1. The van der Waals surface area contributed by atoms with E-state index in [4.69, 9.17) is 23.2 Å². The number of nitrogens with zero attached hydrogens (tertiary/aromatic N) is 2. The number of para-hydroxylation sites is 1. The van der Waals surface area contributed by atoms with Gasteiger partial charge in [-0.3, -0.25) is 9.59 Å². The smallest absolute Gasteiger partial charge is 0.271 e. The van der Waals surface area contributed by atoms with Gasteiger partial charge in [-0.2, -0.15) is 5.10 Å². The van der Waals surface area contributed by atoms with E-state index >= 15 is 0 Å². The van der Waals surface area contributed by atoms with Crippen molar-refractivity contribution >= 4 is 57.8 Å². The fourth-order valence-corrected chi connectivity index (χ4v) is 3.56. The molecule has 9 heteroatoms. The Kier molecular flexibility index (Phi) is 6.72. The number of anilines is 1. The Morgan fingerprint density at radius 3 is 2.52 bits per heavy atom. The van der Waals surface area contributed by atoms with Gasteiger partial charge in [0.05, 0.1) is 16.3 Å². The zero-order valence-corrected chi connectivity index (χ0v) is 18.6. The summed E-state index contributed by atoms with van der Waals surface area (Å²) in [5.74, 6) is -1.08. The molecule has 2 amide bonds. The van der Waals surface area contributed by atoms with Gasteiger partial charge in [-0.25, -0.2) is 9.82 Å². The van der Waals surface area contributed by atoms with Crippen LogP contribution in [0.1, 0.15) is 15.9 Å². The molecule has 0 bridgehead atoms. The van der Waals surface area contributed by atoms with Gasteiger partial charge in [0.25, 0.3) is 5.91 Å². The second kappa shape index (κ2) is 9.85. The maximum atomic E-state index is 13.1. The molecule has 0 radical (unpaired) electrons. The minimum Gasteiger partial charge on any atom is -0.337 e. The first kappa shape index (κ1) is 22.5. The van der Waals surface area contributed by atoms with Crippen LogP contribution in [0.2, 0.25) is 10.0 Å². The number of hydrogen-bond donors (Lipinski definition) is 2. The summed E-state index contributed by atoms with van der Waals surface area (Å²) in [7, 11) is 0. The predicted octanol–water partition coefficient (Wildman–Crippen LogP) is 5.49. The van der Waals surface area contributed by atoms with Gasteiger partial charge in [-0.1, -0.05) is 41.4 Å². The van der Waals surface area contributed by atoms with Gasteiger partial charge in [0.1, 0.15) is 12.4 Å². The van der Waals surface area contributed by atoms with E-state index < -0.39 is 5.91 Å². The van der Waals surface area contributed by atoms with Crippen molar-refractivity contribution in [1.29, 1.82) is 0 Å². The summed E-state index contributed by atoms with van der Waals surface area (Å²) in [6.45, 7) is 0.0430. The van der Waals surface area contributed by atoms with Crippen LogP contribution in [0.3, 0.4) is 0 Å². The Balaban J connectivity index is 1.49. The molecular formula is C24H17Cl2FN4O2.